The summed E-state index contributed by atoms with van der Waals surface area (Å²) in [7, 11) is 0. The number of aromatic nitrogens is 5. The standard InChI is InChI=1S/C25H20N6O2S2/c32-20(29-24-28-19(15-34-24)18-9-5-2-6-10-18)16-35-25-30-22-21(26-12-13-27-22)23(33)31(25)14-11-17-7-3-1-4-8-17/h1-10,12-13,15H,11,14,16H2,(H,28,29,32). The number of fused-ring (bicyclic) bond motifs is 1. The Bertz CT molecular complexity index is 1520. The Hall–Kier alpha value is -3.89. The third-order valence-corrected chi connectivity index (χ3v) is 6.91. The quantitative estimate of drug-likeness (QED) is 0.251. The number of benzene rings is 2. The molecule has 0 aliphatic heterocycles. The lowest BCUT2D eigenvalue weighted by molar-refractivity contribution is -0.113. The molecule has 0 aliphatic rings. The normalized spacial score (nSPS) is 11.0. The van der Waals surface area contributed by atoms with Gasteiger partial charge in [-0.05, 0) is 12.0 Å². The summed E-state index contributed by atoms with van der Waals surface area (Å²) < 4.78 is 1.57. The van der Waals surface area contributed by atoms with Crippen LogP contribution in [-0.2, 0) is 17.8 Å². The second kappa shape index (κ2) is 10.6. The molecule has 1 N–H and O–H groups in total. The minimum Gasteiger partial charge on any atom is -0.301 e. The van der Waals surface area contributed by atoms with E-state index in [0.717, 1.165) is 16.8 Å². The predicted molar refractivity (Wildman–Crippen MR) is 139 cm³/mol. The fraction of sp³-hybridized carbons (Fsp3) is 0.120. The van der Waals surface area contributed by atoms with Gasteiger partial charge < -0.3 is 5.32 Å². The van der Waals surface area contributed by atoms with Gasteiger partial charge in [-0.25, -0.2) is 19.9 Å². The molecular weight excluding hydrogens is 480 g/mol. The average Bonchev–Trinajstić information content (AvgIpc) is 3.36. The van der Waals surface area contributed by atoms with E-state index < -0.39 is 0 Å². The average molecular weight is 501 g/mol. The third kappa shape index (κ3) is 5.44. The van der Waals surface area contributed by atoms with Crippen LogP contribution in [0.5, 0.6) is 0 Å². The van der Waals surface area contributed by atoms with Gasteiger partial charge in [0.25, 0.3) is 5.56 Å². The number of carbonyl (C=O) groups excluding carboxylic acids is 1. The number of nitrogens with zero attached hydrogens (tertiary/aromatic N) is 5. The van der Waals surface area contributed by atoms with Crippen molar-refractivity contribution in [3.05, 3.63) is 94.4 Å². The summed E-state index contributed by atoms with van der Waals surface area (Å²) >= 11 is 2.56. The molecule has 0 saturated carbocycles. The van der Waals surface area contributed by atoms with Crippen molar-refractivity contribution in [3.8, 4) is 11.3 Å². The molecule has 0 spiro atoms. The highest BCUT2D eigenvalue weighted by atomic mass is 32.2. The van der Waals surface area contributed by atoms with Gasteiger partial charge in [-0.2, -0.15) is 0 Å². The van der Waals surface area contributed by atoms with Crippen LogP contribution in [0.4, 0.5) is 5.13 Å². The van der Waals surface area contributed by atoms with E-state index in [9.17, 15) is 9.59 Å². The fourth-order valence-electron chi connectivity index (χ4n) is 3.48. The summed E-state index contributed by atoms with van der Waals surface area (Å²) in [5.41, 5.74) is 3.11. The van der Waals surface area contributed by atoms with E-state index in [4.69, 9.17) is 0 Å². The first-order chi connectivity index (χ1) is 17.2. The third-order valence-electron chi connectivity index (χ3n) is 5.18. The smallest absolute Gasteiger partial charge is 0.282 e. The van der Waals surface area contributed by atoms with Crippen LogP contribution in [0.25, 0.3) is 22.4 Å². The van der Waals surface area contributed by atoms with Crippen LogP contribution in [0, 0.1) is 0 Å². The number of hydrogen-bond donors (Lipinski definition) is 1. The molecule has 35 heavy (non-hydrogen) atoms. The lowest BCUT2D eigenvalue weighted by Gasteiger charge is -2.12. The summed E-state index contributed by atoms with van der Waals surface area (Å²) in [6.45, 7) is 0.416. The first kappa shape index (κ1) is 22.9. The Morgan fingerprint density at radius 3 is 2.51 bits per heavy atom. The van der Waals surface area contributed by atoms with Gasteiger partial charge in [-0.1, -0.05) is 72.4 Å². The van der Waals surface area contributed by atoms with E-state index in [1.54, 1.807) is 4.57 Å². The largest absolute Gasteiger partial charge is 0.301 e. The van der Waals surface area contributed by atoms with Crippen LogP contribution in [0.15, 0.2) is 88.4 Å². The fourth-order valence-corrected chi connectivity index (χ4v) is 5.03. The number of rotatable bonds is 8. The molecule has 0 fully saturated rings. The van der Waals surface area contributed by atoms with Crippen molar-refractivity contribution >= 4 is 45.3 Å². The molecule has 0 atom stereocenters. The zero-order valence-corrected chi connectivity index (χ0v) is 20.1. The zero-order chi connectivity index (χ0) is 24.0. The van der Waals surface area contributed by atoms with Crippen molar-refractivity contribution in [2.75, 3.05) is 11.1 Å². The van der Waals surface area contributed by atoms with Crippen LogP contribution in [0.1, 0.15) is 5.56 Å². The number of nitrogens with one attached hydrogen (secondary N) is 1. The summed E-state index contributed by atoms with van der Waals surface area (Å²) in [5.74, 6) is -0.156. The van der Waals surface area contributed by atoms with Gasteiger partial charge in [0.05, 0.1) is 11.4 Å². The summed E-state index contributed by atoms with van der Waals surface area (Å²) in [6, 6.07) is 19.7. The molecule has 0 saturated heterocycles. The van der Waals surface area contributed by atoms with Crippen LogP contribution in [0.3, 0.4) is 0 Å². The molecule has 1 amide bonds. The SMILES string of the molecule is O=C(CSc1nc2nccnc2c(=O)n1CCc1ccccc1)Nc1nc(-c2ccccc2)cs1. The van der Waals surface area contributed by atoms with E-state index in [1.807, 2.05) is 66.0 Å². The first-order valence-corrected chi connectivity index (χ1v) is 12.7. The minimum absolute atomic E-state index is 0.0732. The minimum atomic E-state index is -0.269. The number of anilines is 1. The maximum atomic E-state index is 13.1. The predicted octanol–water partition coefficient (Wildman–Crippen LogP) is 4.28. The lowest BCUT2D eigenvalue weighted by atomic mass is 10.1. The number of thioether (sulfide) groups is 1. The van der Waals surface area contributed by atoms with Crippen molar-refractivity contribution in [1.82, 2.24) is 24.5 Å². The van der Waals surface area contributed by atoms with Crippen molar-refractivity contribution in [1.29, 1.82) is 0 Å². The number of amides is 1. The van der Waals surface area contributed by atoms with E-state index in [1.165, 1.54) is 35.5 Å². The van der Waals surface area contributed by atoms with Crippen molar-refractivity contribution in [2.45, 2.75) is 18.1 Å². The van der Waals surface area contributed by atoms with Gasteiger partial charge in [0.15, 0.2) is 21.5 Å². The van der Waals surface area contributed by atoms with Gasteiger partial charge >= 0.3 is 0 Å². The van der Waals surface area contributed by atoms with Crippen LogP contribution in [0.2, 0.25) is 0 Å². The van der Waals surface area contributed by atoms with Gasteiger partial charge in [0.2, 0.25) is 5.91 Å². The molecule has 174 valence electrons. The van der Waals surface area contributed by atoms with E-state index in [0.29, 0.717) is 23.3 Å². The Labute approximate surface area is 209 Å². The number of hydrogen-bond acceptors (Lipinski definition) is 8. The monoisotopic (exact) mass is 500 g/mol. The highest BCUT2D eigenvalue weighted by Crippen LogP contribution is 2.25. The Kier molecular flexibility index (Phi) is 6.92. The second-order valence-electron chi connectivity index (χ2n) is 7.56. The van der Waals surface area contributed by atoms with Crippen molar-refractivity contribution in [2.24, 2.45) is 0 Å². The maximum Gasteiger partial charge on any atom is 0.282 e. The van der Waals surface area contributed by atoms with Crippen molar-refractivity contribution in [3.63, 3.8) is 0 Å². The molecule has 8 nitrogen and oxygen atoms in total. The van der Waals surface area contributed by atoms with E-state index >= 15 is 0 Å². The molecule has 0 aliphatic carbocycles. The first-order valence-electron chi connectivity index (χ1n) is 10.9. The Balaban J connectivity index is 1.32. The lowest BCUT2D eigenvalue weighted by Crippen LogP contribution is -2.26. The molecule has 2 aromatic carbocycles. The Morgan fingerprint density at radius 2 is 1.71 bits per heavy atom. The number of thiazole rings is 1. The highest BCUT2D eigenvalue weighted by molar-refractivity contribution is 7.99. The van der Waals surface area contributed by atoms with Gasteiger partial charge in [0, 0.05) is 29.9 Å². The van der Waals surface area contributed by atoms with Crippen molar-refractivity contribution < 1.29 is 4.79 Å². The molecule has 0 unspecified atom stereocenters. The van der Waals surface area contributed by atoms with E-state index in [2.05, 4.69) is 25.3 Å². The van der Waals surface area contributed by atoms with Crippen LogP contribution in [-0.4, -0.2) is 36.2 Å². The molecule has 3 heterocycles. The maximum absolute atomic E-state index is 13.1. The highest BCUT2D eigenvalue weighted by Gasteiger charge is 2.16. The zero-order valence-electron chi connectivity index (χ0n) is 18.5. The van der Waals surface area contributed by atoms with E-state index in [-0.39, 0.29) is 28.4 Å². The molecule has 3 aromatic heterocycles. The van der Waals surface area contributed by atoms with Gasteiger partial charge in [-0.3, -0.25) is 14.2 Å². The summed E-state index contributed by atoms with van der Waals surface area (Å²) in [5, 5.41) is 5.69. The Morgan fingerprint density at radius 1 is 0.971 bits per heavy atom. The number of aryl methyl sites for hydroxylation is 1. The molecular formula is C25H20N6O2S2. The molecule has 5 aromatic rings. The summed E-state index contributed by atoms with van der Waals surface area (Å²) in [4.78, 5) is 43.2. The molecule has 0 bridgehead atoms. The summed E-state index contributed by atoms with van der Waals surface area (Å²) in [6.07, 6.45) is 3.62. The number of carbonyl (C=O) groups is 1. The van der Waals surface area contributed by atoms with Gasteiger partial charge in [0.1, 0.15) is 0 Å². The molecule has 10 heteroatoms. The second-order valence-corrected chi connectivity index (χ2v) is 9.36. The van der Waals surface area contributed by atoms with Crippen LogP contribution < -0.4 is 10.9 Å². The molecule has 0 radical (unpaired) electrons. The van der Waals surface area contributed by atoms with Crippen LogP contribution >= 0.6 is 23.1 Å². The van der Waals surface area contributed by atoms with Gasteiger partial charge in [-0.15, -0.1) is 11.3 Å². The molecule has 5 rings (SSSR count). The topological polar surface area (TPSA) is 103 Å².